The number of aryl methyl sites for hydroxylation is 1. The molecule has 2 aromatic rings. The Hall–Kier alpha value is -2.30. The average molecular weight is 260 g/mol. The monoisotopic (exact) mass is 260 g/mol. The van der Waals surface area contributed by atoms with Crippen molar-refractivity contribution in [1.82, 2.24) is 9.55 Å². The fourth-order valence-electron chi connectivity index (χ4n) is 1.92. The van der Waals surface area contributed by atoms with Gasteiger partial charge in [-0.1, -0.05) is 6.07 Å². The van der Waals surface area contributed by atoms with Crippen molar-refractivity contribution in [3.05, 3.63) is 42.0 Å². The van der Waals surface area contributed by atoms with Gasteiger partial charge in [0.2, 0.25) is 0 Å². The lowest BCUT2D eigenvalue weighted by Gasteiger charge is -2.11. The fraction of sp³-hybridized carbons (Fsp3) is 0.286. The van der Waals surface area contributed by atoms with Gasteiger partial charge in [-0.05, 0) is 12.1 Å². The highest BCUT2D eigenvalue weighted by Crippen LogP contribution is 2.29. The number of carbonyl (C=O) groups excluding carboxylic acids is 1. The molecule has 1 aromatic heterocycles. The van der Waals surface area contributed by atoms with Crippen molar-refractivity contribution >= 4 is 5.78 Å². The fourth-order valence-corrected chi connectivity index (χ4v) is 1.92. The minimum absolute atomic E-state index is 0.0800. The van der Waals surface area contributed by atoms with Crippen LogP contribution in [0.2, 0.25) is 0 Å². The predicted molar refractivity (Wildman–Crippen MR) is 70.8 cm³/mol. The number of benzene rings is 1. The first kappa shape index (κ1) is 13.1. The van der Waals surface area contributed by atoms with Crippen molar-refractivity contribution in [1.29, 1.82) is 0 Å². The highest BCUT2D eigenvalue weighted by atomic mass is 16.5. The number of Topliss-reactive ketones (excluding diaryl/α,β-unsaturated/α-hetero) is 1. The second-order valence-electron chi connectivity index (χ2n) is 4.09. The first-order valence-electron chi connectivity index (χ1n) is 5.87. The summed E-state index contributed by atoms with van der Waals surface area (Å²) in [5, 5.41) is 0. The van der Waals surface area contributed by atoms with Crippen LogP contribution in [0.4, 0.5) is 0 Å². The van der Waals surface area contributed by atoms with E-state index in [0.29, 0.717) is 22.9 Å². The van der Waals surface area contributed by atoms with E-state index in [1.54, 1.807) is 24.4 Å². The van der Waals surface area contributed by atoms with Crippen LogP contribution in [0.5, 0.6) is 11.5 Å². The normalized spacial score (nSPS) is 10.3. The molecule has 1 heterocycles. The largest absolute Gasteiger partial charge is 0.496 e. The van der Waals surface area contributed by atoms with Gasteiger partial charge in [0.05, 0.1) is 20.6 Å². The molecule has 0 fully saturated rings. The van der Waals surface area contributed by atoms with E-state index in [4.69, 9.17) is 9.47 Å². The standard InChI is InChI=1S/C14H16N2O3/c1-16-8-7-15-13(16)9-10(17)14-11(18-2)5-4-6-12(14)19-3/h4-8H,9H2,1-3H3. The van der Waals surface area contributed by atoms with E-state index in [1.165, 1.54) is 14.2 Å². The zero-order valence-corrected chi connectivity index (χ0v) is 11.2. The van der Waals surface area contributed by atoms with Crippen molar-refractivity contribution in [3.8, 4) is 11.5 Å². The van der Waals surface area contributed by atoms with Crippen LogP contribution in [0.3, 0.4) is 0 Å². The molecule has 0 atom stereocenters. The molecule has 0 spiro atoms. The predicted octanol–water partition coefficient (Wildman–Crippen LogP) is 1.86. The van der Waals surface area contributed by atoms with Crippen LogP contribution in [0, 0.1) is 0 Å². The molecule has 5 heteroatoms. The molecule has 0 aliphatic rings. The molecule has 0 saturated heterocycles. The number of nitrogens with zero attached hydrogens (tertiary/aromatic N) is 2. The Morgan fingerprint density at radius 2 is 1.89 bits per heavy atom. The Balaban J connectivity index is 2.35. The third-order valence-corrected chi connectivity index (χ3v) is 2.95. The number of methoxy groups -OCH3 is 2. The topological polar surface area (TPSA) is 53.4 Å². The lowest BCUT2D eigenvalue weighted by atomic mass is 10.1. The van der Waals surface area contributed by atoms with Gasteiger partial charge >= 0.3 is 0 Å². The van der Waals surface area contributed by atoms with Crippen molar-refractivity contribution < 1.29 is 14.3 Å². The Morgan fingerprint density at radius 1 is 1.26 bits per heavy atom. The lowest BCUT2D eigenvalue weighted by molar-refractivity contribution is 0.0984. The van der Waals surface area contributed by atoms with Crippen molar-refractivity contribution in [3.63, 3.8) is 0 Å². The second-order valence-corrected chi connectivity index (χ2v) is 4.09. The number of rotatable bonds is 5. The van der Waals surface area contributed by atoms with Gasteiger partial charge in [0.25, 0.3) is 0 Å². The molecule has 0 radical (unpaired) electrons. The van der Waals surface area contributed by atoms with Crippen molar-refractivity contribution in [2.75, 3.05) is 14.2 Å². The molecule has 19 heavy (non-hydrogen) atoms. The van der Waals surface area contributed by atoms with Crippen molar-refractivity contribution in [2.24, 2.45) is 7.05 Å². The zero-order chi connectivity index (χ0) is 13.8. The molecule has 2 rings (SSSR count). The molecule has 0 aliphatic carbocycles. The molecular weight excluding hydrogens is 244 g/mol. The van der Waals surface area contributed by atoms with Crippen LogP contribution in [-0.4, -0.2) is 29.6 Å². The number of hydrogen-bond acceptors (Lipinski definition) is 4. The SMILES string of the molecule is COc1cccc(OC)c1C(=O)Cc1nccn1C. The Labute approximate surface area is 111 Å². The summed E-state index contributed by atoms with van der Waals surface area (Å²) in [4.78, 5) is 16.6. The minimum Gasteiger partial charge on any atom is -0.496 e. The van der Waals surface area contributed by atoms with Gasteiger partial charge < -0.3 is 14.0 Å². The number of hydrogen-bond donors (Lipinski definition) is 0. The number of carbonyl (C=O) groups is 1. The Kier molecular flexibility index (Phi) is 3.85. The summed E-state index contributed by atoms with van der Waals surface area (Å²) in [6.07, 6.45) is 3.68. The number of aromatic nitrogens is 2. The highest BCUT2D eigenvalue weighted by molar-refractivity contribution is 6.02. The van der Waals surface area contributed by atoms with Gasteiger partial charge in [-0.3, -0.25) is 4.79 Å². The van der Waals surface area contributed by atoms with Gasteiger partial charge in [0.15, 0.2) is 5.78 Å². The summed E-state index contributed by atoms with van der Waals surface area (Å²) in [7, 11) is 4.92. The molecule has 5 nitrogen and oxygen atoms in total. The van der Waals surface area contributed by atoms with Gasteiger partial charge in [-0.25, -0.2) is 4.98 Å². The van der Waals surface area contributed by atoms with E-state index in [1.807, 2.05) is 17.8 Å². The summed E-state index contributed by atoms with van der Waals surface area (Å²) in [6, 6.07) is 5.28. The van der Waals surface area contributed by atoms with E-state index in [-0.39, 0.29) is 12.2 Å². The molecule has 0 saturated carbocycles. The molecule has 0 unspecified atom stereocenters. The van der Waals surface area contributed by atoms with E-state index in [9.17, 15) is 4.79 Å². The Bertz CT molecular complexity index is 568. The maximum absolute atomic E-state index is 12.4. The van der Waals surface area contributed by atoms with Crippen LogP contribution in [-0.2, 0) is 13.5 Å². The third kappa shape index (κ3) is 2.59. The number of ketones is 1. The van der Waals surface area contributed by atoms with Crippen LogP contribution in [0.1, 0.15) is 16.2 Å². The van der Waals surface area contributed by atoms with Crippen LogP contribution >= 0.6 is 0 Å². The molecule has 1 aromatic carbocycles. The van der Waals surface area contributed by atoms with E-state index in [0.717, 1.165) is 0 Å². The summed E-state index contributed by atoms with van der Waals surface area (Å²) >= 11 is 0. The molecular formula is C14H16N2O3. The molecule has 0 amide bonds. The quantitative estimate of drug-likeness (QED) is 0.770. The maximum Gasteiger partial charge on any atom is 0.177 e. The smallest absolute Gasteiger partial charge is 0.177 e. The molecule has 0 aliphatic heterocycles. The minimum atomic E-state index is -0.0800. The summed E-state index contributed by atoms with van der Waals surface area (Å²) in [5.74, 6) is 1.65. The second kappa shape index (κ2) is 5.56. The van der Waals surface area contributed by atoms with Crippen LogP contribution in [0.25, 0.3) is 0 Å². The molecule has 0 bridgehead atoms. The third-order valence-electron chi connectivity index (χ3n) is 2.95. The first-order chi connectivity index (χ1) is 9.17. The lowest BCUT2D eigenvalue weighted by Crippen LogP contribution is -2.11. The summed E-state index contributed by atoms with van der Waals surface area (Å²) < 4.78 is 12.3. The van der Waals surface area contributed by atoms with Crippen LogP contribution < -0.4 is 9.47 Å². The van der Waals surface area contributed by atoms with Gasteiger partial charge in [0, 0.05) is 19.4 Å². The van der Waals surface area contributed by atoms with E-state index in [2.05, 4.69) is 4.98 Å². The van der Waals surface area contributed by atoms with Gasteiger partial charge in [-0.2, -0.15) is 0 Å². The summed E-state index contributed by atoms with van der Waals surface area (Å²) in [5.41, 5.74) is 0.454. The maximum atomic E-state index is 12.4. The van der Waals surface area contributed by atoms with Gasteiger partial charge in [-0.15, -0.1) is 0 Å². The highest BCUT2D eigenvalue weighted by Gasteiger charge is 2.19. The molecule has 0 N–H and O–H groups in total. The zero-order valence-electron chi connectivity index (χ0n) is 11.2. The summed E-state index contributed by atoms with van der Waals surface area (Å²) in [6.45, 7) is 0. The van der Waals surface area contributed by atoms with Gasteiger partial charge in [0.1, 0.15) is 22.9 Å². The molecule has 100 valence electrons. The number of imidazole rings is 1. The van der Waals surface area contributed by atoms with E-state index < -0.39 is 0 Å². The van der Waals surface area contributed by atoms with Crippen LogP contribution in [0.15, 0.2) is 30.6 Å². The Morgan fingerprint density at radius 3 is 2.37 bits per heavy atom. The van der Waals surface area contributed by atoms with E-state index >= 15 is 0 Å². The first-order valence-corrected chi connectivity index (χ1v) is 5.87. The average Bonchev–Trinajstić information content (AvgIpc) is 2.83. The number of ether oxygens (including phenoxy) is 2. The van der Waals surface area contributed by atoms with Crippen molar-refractivity contribution in [2.45, 2.75) is 6.42 Å².